The third-order valence-corrected chi connectivity index (χ3v) is 7.42. The van der Waals surface area contributed by atoms with Gasteiger partial charge in [-0.15, -0.1) is 0 Å². The van der Waals surface area contributed by atoms with Crippen molar-refractivity contribution in [3.05, 3.63) is 54.1 Å². The number of morpholine rings is 1. The highest BCUT2D eigenvalue weighted by Gasteiger charge is 2.23. The van der Waals surface area contributed by atoms with Crippen LogP contribution in [0.2, 0.25) is 0 Å². The van der Waals surface area contributed by atoms with Crippen LogP contribution in [0.4, 0.5) is 5.13 Å². The molecule has 164 valence electrons. The molecule has 0 saturated carbocycles. The van der Waals surface area contributed by atoms with Gasteiger partial charge in [0, 0.05) is 32.4 Å². The third-order valence-electron chi connectivity index (χ3n) is 5.24. The Kier molecular flexibility index (Phi) is 6.66. The Hall–Kier alpha value is -2.33. The number of hydrogen-bond acceptors (Lipinski definition) is 7. The van der Waals surface area contributed by atoms with Crippen molar-refractivity contribution in [1.29, 1.82) is 0 Å². The van der Waals surface area contributed by atoms with E-state index in [0.29, 0.717) is 37.0 Å². The van der Waals surface area contributed by atoms with Crippen molar-refractivity contribution in [1.82, 2.24) is 9.88 Å². The monoisotopic (exact) mass is 459 g/mol. The van der Waals surface area contributed by atoms with E-state index in [2.05, 4.69) is 9.88 Å². The normalized spacial score (nSPS) is 15.3. The minimum atomic E-state index is -3.42. The van der Waals surface area contributed by atoms with Crippen LogP contribution in [0.1, 0.15) is 5.56 Å². The van der Waals surface area contributed by atoms with Crippen LogP contribution >= 0.6 is 11.3 Å². The predicted molar refractivity (Wildman–Crippen MR) is 122 cm³/mol. The smallest absolute Gasteiger partial charge is 0.233 e. The summed E-state index contributed by atoms with van der Waals surface area (Å²) in [7, 11) is -3.42. The number of para-hydroxylation sites is 1. The standard InChI is InChI=1S/C22H25N3O4S2/c1-31(27,28)19-9-5-8-18-21(19)23-22(30-18)25(11-10-24-12-14-29-15-13-24)20(26)16-17-6-3-2-4-7-17/h2-9H,10-16H2,1H3. The van der Waals surface area contributed by atoms with Gasteiger partial charge in [0.15, 0.2) is 15.0 Å². The Balaban J connectivity index is 1.65. The topological polar surface area (TPSA) is 79.8 Å². The number of nitrogens with zero attached hydrogens (tertiary/aromatic N) is 3. The van der Waals surface area contributed by atoms with Gasteiger partial charge in [-0.3, -0.25) is 14.6 Å². The number of hydrogen-bond donors (Lipinski definition) is 0. The molecule has 1 aliphatic rings. The maximum absolute atomic E-state index is 13.3. The van der Waals surface area contributed by atoms with Gasteiger partial charge in [-0.2, -0.15) is 0 Å². The lowest BCUT2D eigenvalue weighted by Gasteiger charge is -2.29. The summed E-state index contributed by atoms with van der Waals surface area (Å²) in [5, 5.41) is 0.528. The van der Waals surface area contributed by atoms with E-state index < -0.39 is 9.84 Å². The number of anilines is 1. The molecule has 0 bridgehead atoms. The fourth-order valence-electron chi connectivity index (χ4n) is 3.59. The van der Waals surface area contributed by atoms with Crippen LogP contribution in [0.15, 0.2) is 53.4 Å². The maximum atomic E-state index is 13.3. The van der Waals surface area contributed by atoms with E-state index in [4.69, 9.17) is 4.74 Å². The summed E-state index contributed by atoms with van der Waals surface area (Å²) >= 11 is 1.35. The van der Waals surface area contributed by atoms with Gasteiger partial charge in [0.25, 0.3) is 0 Å². The van der Waals surface area contributed by atoms with E-state index >= 15 is 0 Å². The molecule has 7 nitrogen and oxygen atoms in total. The van der Waals surface area contributed by atoms with Gasteiger partial charge in [-0.1, -0.05) is 47.7 Å². The summed E-state index contributed by atoms with van der Waals surface area (Å²) < 4.78 is 30.6. The summed E-state index contributed by atoms with van der Waals surface area (Å²) in [4.78, 5) is 22.0. The zero-order valence-electron chi connectivity index (χ0n) is 17.4. The van der Waals surface area contributed by atoms with Gasteiger partial charge in [-0.25, -0.2) is 13.4 Å². The van der Waals surface area contributed by atoms with E-state index in [1.165, 1.54) is 17.6 Å². The molecule has 0 unspecified atom stereocenters. The van der Waals surface area contributed by atoms with Gasteiger partial charge >= 0.3 is 0 Å². The lowest BCUT2D eigenvalue weighted by atomic mass is 10.1. The number of rotatable bonds is 7. The highest BCUT2D eigenvalue weighted by Crippen LogP contribution is 2.33. The maximum Gasteiger partial charge on any atom is 0.233 e. The number of fused-ring (bicyclic) bond motifs is 1. The average molecular weight is 460 g/mol. The molecule has 9 heteroatoms. The van der Waals surface area contributed by atoms with Gasteiger partial charge in [0.2, 0.25) is 5.91 Å². The zero-order valence-corrected chi connectivity index (χ0v) is 19.0. The molecule has 1 fully saturated rings. The van der Waals surface area contributed by atoms with Crippen LogP contribution in [0.5, 0.6) is 0 Å². The van der Waals surface area contributed by atoms with Crippen molar-refractivity contribution < 1.29 is 17.9 Å². The van der Waals surface area contributed by atoms with E-state index in [1.54, 1.807) is 17.0 Å². The number of sulfone groups is 1. The number of carbonyl (C=O) groups is 1. The molecule has 1 aromatic heterocycles. The first-order chi connectivity index (χ1) is 14.9. The van der Waals surface area contributed by atoms with Gasteiger partial charge in [-0.05, 0) is 17.7 Å². The fourth-order valence-corrected chi connectivity index (χ4v) is 5.52. The first-order valence-electron chi connectivity index (χ1n) is 10.2. The molecule has 0 atom stereocenters. The quantitative estimate of drug-likeness (QED) is 0.540. The molecule has 3 aromatic rings. The molecule has 0 aliphatic carbocycles. The molecule has 31 heavy (non-hydrogen) atoms. The predicted octanol–water partition coefficient (Wildman–Crippen LogP) is 2.61. The molecule has 0 spiro atoms. The number of amides is 1. The zero-order chi connectivity index (χ0) is 21.8. The summed E-state index contributed by atoms with van der Waals surface area (Å²) in [6, 6.07) is 14.7. The first-order valence-corrected chi connectivity index (χ1v) is 12.9. The van der Waals surface area contributed by atoms with Gasteiger partial charge in [0.1, 0.15) is 5.52 Å². The molecule has 4 rings (SSSR count). The van der Waals surface area contributed by atoms with Crippen molar-refractivity contribution in [3.8, 4) is 0 Å². The minimum absolute atomic E-state index is 0.0561. The highest BCUT2D eigenvalue weighted by atomic mass is 32.2. The van der Waals surface area contributed by atoms with Crippen LogP contribution in [0.25, 0.3) is 10.2 Å². The van der Waals surface area contributed by atoms with E-state index in [0.717, 1.165) is 23.4 Å². The molecule has 1 saturated heterocycles. The van der Waals surface area contributed by atoms with E-state index in [9.17, 15) is 13.2 Å². The summed E-state index contributed by atoms with van der Waals surface area (Å²) in [5.74, 6) is -0.0561. The molecular formula is C22H25N3O4S2. The molecule has 0 radical (unpaired) electrons. The Morgan fingerprint density at radius 2 is 1.87 bits per heavy atom. The van der Waals surface area contributed by atoms with Crippen LogP contribution < -0.4 is 4.90 Å². The molecular weight excluding hydrogens is 434 g/mol. The van der Waals surface area contributed by atoms with Crippen molar-refractivity contribution >= 4 is 42.4 Å². The lowest BCUT2D eigenvalue weighted by molar-refractivity contribution is -0.118. The van der Waals surface area contributed by atoms with E-state index in [-0.39, 0.29) is 17.2 Å². The molecule has 1 aliphatic heterocycles. The second-order valence-corrected chi connectivity index (χ2v) is 10.5. The molecule has 2 aromatic carbocycles. The van der Waals surface area contributed by atoms with Gasteiger partial charge in [0.05, 0.1) is 29.2 Å². The van der Waals surface area contributed by atoms with Crippen molar-refractivity contribution in [2.75, 3.05) is 50.5 Å². The molecule has 1 amide bonds. The molecule has 2 heterocycles. The Morgan fingerprint density at radius 1 is 1.13 bits per heavy atom. The van der Waals surface area contributed by atoms with Crippen LogP contribution in [0, 0.1) is 0 Å². The average Bonchev–Trinajstić information content (AvgIpc) is 3.18. The number of thiazole rings is 1. The van der Waals surface area contributed by atoms with Crippen molar-refractivity contribution in [2.45, 2.75) is 11.3 Å². The third kappa shape index (κ3) is 5.30. The number of aromatic nitrogens is 1. The number of benzene rings is 2. The SMILES string of the molecule is CS(=O)(=O)c1cccc2sc(N(CCN3CCOCC3)C(=O)Cc3ccccc3)nc12. The largest absolute Gasteiger partial charge is 0.379 e. The minimum Gasteiger partial charge on any atom is -0.379 e. The Bertz CT molecular complexity index is 1160. The van der Waals surface area contributed by atoms with Gasteiger partial charge < -0.3 is 4.74 Å². The highest BCUT2D eigenvalue weighted by molar-refractivity contribution is 7.91. The van der Waals surface area contributed by atoms with Crippen LogP contribution in [0.3, 0.4) is 0 Å². The lowest BCUT2D eigenvalue weighted by Crippen LogP contribution is -2.43. The Labute approximate surface area is 186 Å². The van der Waals surface area contributed by atoms with Crippen LogP contribution in [-0.2, 0) is 25.8 Å². The second-order valence-electron chi connectivity index (χ2n) is 7.53. The number of carbonyl (C=O) groups excluding carboxylic acids is 1. The summed E-state index contributed by atoms with van der Waals surface area (Å²) in [6.07, 6.45) is 1.44. The number of ether oxygens (including phenoxy) is 1. The second kappa shape index (κ2) is 9.44. The molecule has 0 N–H and O–H groups in total. The summed E-state index contributed by atoms with van der Waals surface area (Å²) in [6.45, 7) is 4.24. The fraction of sp³-hybridized carbons (Fsp3) is 0.364. The van der Waals surface area contributed by atoms with Crippen molar-refractivity contribution in [2.24, 2.45) is 0 Å². The Morgan fingerprint density at radius 3 is 2.58 bits per heavy atom. The van der Waals surface area contributed by atoms with E-state index in [1.807, 2.05) is 36.4 Å². The first kappa shape index (κ1) is 21.9. The summed E-state index contributed by atoms with van der Waals surface area (Å²) in [5.41, 5.74) is 1.36. The van der Waals surface area contributed by atoms with Crippen LogP contribution in [-0.4, -0.2) is 69.9 Å². The van der Waals surface area contributed by atoms with Crippen molar-refractivity contribution in [3.63, 3.8) is 0 Å².